The summed E-state index contributed by atoms with van der Waals surface area (Å²) in [5.41, 5.74) is 5.41. The molecule has 0 saturated carbocycles. The fourth-order valence-corrected chi connectivity index (χ4v) is 2.47. The highest BCUT2D eigenvalue weighted by molar-refractivity contribution is 7.80. The molecule has 6 N–H and O–H groups in total. The van der Waals surface area contributed by atoms with Gasteiger partial charge in [0.25, 0.3) is 5.96 Å². The van der Waals surface area contributed by atoms with E-state index in [0.717, 1.165) is 4.88 Å². The smallest absolute Gasteiger partial charge is 0.268 e. The zero-order valence-corrected chi connectivity index (χ0v) is 18.6. The minimum absolute atomic E-state index is 0.0875. The van der Waals surface area contributed by atoms with Crippen LogP contribution in [0, 0.1) is 10.1 Å². The molecule has 0 bridgehead atoms. The highest BCUT2D eigenvalue weighted by atomic mass is 35.5. The Bertz CT molecular complexity index is 699. The molecule has 1 unspecified atom stereocenters. The van der Waals surface area contributed by atoms with Crippen molar-refractivity contribution in [1.29, 1.82) is 0 Å². The van der Waals surface area contributed by atoms with Gasteiger partial charge in [-0.15, -0.1) is 17.9 Å². The summed E-state index contributed by atoms with van der Waals surface area (Å²) in [5.74, 6) is 0.0875. The topological polar surface area (TPSA) is 141 Å². The third kappa shape index (κ3) is 13.0. The van der Waals surface area contributed by atoms with Crippen molar-refractivity contribution in [2.75, 3.05) is 14.1 Å². The molecule has 1 aromatic rings. The normalized spacial score (nSPS) is 11.1. The molecule has 28 heavy (non-hydrogen) atoms. The Kier molecular flexibility index (Phi) is 13.5. The van der Waals surface area contributed by atoms with Gasteiger partial charge in [0.05, 0.1) is 6.54 Å². The number of nitrogens with zero attached hydrogens (tertiary/aromatic N) is 3. The standard InChI is InChI=1S/C7H14N4S2.C6H8ClN5O2S/c1-4-5(2)9-7(13)11-10-6(12)8-3;1-8-6(11-12(13)14)10-3-4-2-9-5(7)15-4/h4-5H,1H2,2-3H3,(H2,8,10,12)(H2,9,11,13);2H,3H2,1H3,(H2,8,10,11). The van der Waals surface area contributed by atoms with Gasteiger partial charge in [0.15, 0.2) is 19.7 Å². The van der Waals surface area contributed by atoms with Gasteiger partial charge in [0, 0.05) is 31.2 Å². The molecule has 0 saturated heterocycles. The van der Waals surface area contributed by atoms with Gasteiger partial charge in [-0.05, 0) is 31.4 Å². The number of hydrogen-bond donors (Lipinski definition) is 6. The van der Waals surface area contributed by atoms with Gasteiger partial charge in [-0.25, -0.2) is 15.1 Å². The van der Waals surface area contributed by atoms with Crippen LogP contribution in [-0.4, -0.2) is 46.3 Å². The minimum atomic E-state index is -0.779. The van der Waals surface area contributed by atoms with Crippen LogP contribution in [-0.2, 0) is 6.54 Å². The summed E-state index contributed by atoms with van der Waals surface area (Å²) < 4.78 is 0.434. The van der Waals surface area contributed by atoms with E-state index in [9.17, 15) is 10.1 Å². The summed E-state index contributed by atoms with van der Waals surface area (Å²) in [4.78, 5) is 14.8. The van der Waals surface area contributed by atoms with Crippen molar-refractivity contribution in [3.8, 4) is 0 Å². The maximum Gasteiger partial charge on any atom is 0.268 e. The first-order chi connectivity index (χ1) is 13.2. The lowest BCUT2D eigenvalue weighted by Crippen LogP contribution is -2.50. The Morgan fingerprint density at radius 1 is 1.43 bits per heavy atom. The molecule has 1 heterocycles. The van der Waals surface area contributed by atoms with Crippen LogP contribution in [0.25, 0.3) is 0 Å². The molecule has 0 aliphatic rings. The van der Waals surface area contributed by atoms with Gasteiger partial charge in [-0.1, -0.05) is 17.7 Å². The van der Waals surface area contributed by atoms with Crippen molar-refractivity contribution in [2.24, 2.45) is 5.10 Å². The molecule has 11 nitrogen and oxygen atoms in total. The van der Waals surface area contributed by atoms with E-state index < -0.39 is 5.03 Å². The van der Waals surface area contributed by atoms with Gasteiger partial charge < -0.3 is 21.3 Å². The van der Waals surface area contributed by atoms with Crippen molar-refractivity contribution in [3.63, 3.8) is 0 Å². The summed E-state index contributed by atoms with van der Waals surface area (Å²) in [7, 11) is 3.26. The third-order valence-corrected chi connectivity index (χ3v) is 4.24. The molecular formula is C13H22ClN9O2S3. The quantitative estimate of drug-likeness (QED) is 0.0909. The second-order valence-corrected chi connectivity index (χ2v) is 7.21. The fourth-order valence-electron chi connectivity index (χ4n) is 1.27. The van der Waals surface area contributed by atoms with E-state index in [2.05, 4.69) is 48.8 Å². The van der Waals surface area contributed by atoms with E-state index >= 15 is 0 Å². The van der Waals surface area contributed by atoms with Crippen molar-refractivity contribution >= 4 is 63.6 Å². The van der Waals surface area contributed by atoms with Gasteiger partial charge in [0.1, 0.15) is 5.10 Å². The average Bonchev–Trinajstić information content (AvgIpc) is 3.08. The predicted octanol–water partition coefficient (Wildman–Crippen LogP) is 0.687. The molecule has 15 heteroatoms. The largest absolute Gasteiger partial charge is 0.364 e. The van der Waals surface area contributed by atoms with E-state index in [1.807, 2.05) is 6.92 Å². The number of halogens is 1. The van der Waals surface area contributed by atoms with Crippen molar-refractivity contribution < 1.29 is 5.03 Å². The SMILES string of the molecule is C=CC(C)NC(=S)NNC(=S)NC.CNC(=N[N+](=O)[O-])NCc1cnc(Cl)s1. The van der Waals surface area contributed by atoms with Gasteiger partial charge in [0.2, 0.25) is 0 Å². The van der Waals surface area contributed by atoms with Crippen LogP contribution in [0.15, 0.2) is 24.0 Å². The Balaban J connectivity index is 0.000000528. The van der Waals surface area contributed by atoms with Crippen LogP contribution in [0.2, 0.25) is 4.47 Å². The van der Waals surface area contributed by atoms with E-state index in [1.54, 1.807) is 19.3 Å². The molecule has 0 spiro atoms. The van der Waals surface area contributed by atoms with Crippen LogP contribution in [0.3, 0.4) is 0 Å². The third-order valence-electron chi connectivity index (χ3n) is 2.60. The van der Waals surface area contributed by atoms with E-state index in [0.29, 0.717) is 21.2 Å². The van der Waals surface area contributed by atoms with Crippen LogP contribution in [0.4, 0.5) is 0 Å². The Labute approximate surface area is 182 Å². The molecule has 0 aromatic carbocycles. The summed E-state index contributed by atoms with van der Waals surface area (Å²) in [6, 6.07) is 0.130. The highest BCUT2D eigenvalue weighted by Crippen LogP contribution is 2.16. The molecule has 0 fully saturated rings. The number of hydrazone groups is 1. The maximum atomic E-state index is 10.1. The number of nitro groups is 1. The molecular weight excluding hydrogens is 446 g/mol. The molecule has 1 rings (SSSR count). The van der Waals surface area contributed by atoms with Gasteiger partial charge in [-0.3, -0.25) is 10.9 Å². The Morgan fingerprint density at radius 2 is 2.07 bits per heavy atom. The molecule has 1 atom stereocenters. The highest BCUT2D eigenvalue weighted by Gasteiger charge is 2.04. The number of thiocarbonyl (C=S) groups is 2. The number of hydrazine groups is 1. The number of aromatic nitrogens is 1. The first kappa shape index (κ1) is 25.7. The van der Waals surface area contributed by atoms with E-state index in [4.69, 9.17) is 36.0 Å². The van der Waals surface area contributed by atoms with E-state index in [-0.39, 0.29) is 12.0 Å². The molecule has 0 radical (unpaired) electrons. The number of nitrogens with one attached hydrogen (secondary N) is 6. The number of rotatable bonds is 5. The second kappa shape index (κ2) is 14.7. The van der Waals surface area contributed by atoms with Crippen molar-refractivity contribution in [2.45, 2.75) is 19.5 Å². The van der Waals surface area contributed by atoms with Crippen LogP contribution in [0.1, 0.15) is 11.8 Å². The lowest BCUT2D eigenvalue weighted by Gasteiger charge is -2.14. The number of guanidine groups is 1. The molecule has 0 aliphatic heterocycles. The maximum absolute atomic E-state index is 10.1. The minimum Gasteiger partial charge on any atom is -0.364 e. The zero-order chi connectivity index (χ0) is 21.5. The van der Waals surface area contributed by atoms with Crippen LogP contribution < -0.4 is 32.1 Å². The summed E-state index contributed by atoms with van der Waals surface area (Å²) in [6.07, 6.45) is 3.35. The number of hydrogen-bond acceptors (Lipinski definition) is 6. The summed E-state index contributed by atoms with van der Waals surface area (Å²) in [5, 5.41) is 24.4. The molecule has 0 amide bonds. The number of thiazole rings is 1. The zero-order valence-electron chi connectivity index (χ0n) is 15.4. The van der Waals surface area contributed by atoms with Crippen LogP contribution in [0.5, 0.6) is 0 Å². The van der Waals surface area contributed by atoms with Gasteiger partial charge >= 0.3 is 0 Å². The Hall–Kier alpha value is -2.29. The van der Waals surface area contributed by atoms with Gasteiger partial charge in [-0.2, -0.15) is 0 Å². The molecule has 0 aliphatic carbocycles. The van der Waals surface area contributed by atoms with Crippen molar-refractivity contribution in [3.05, 3.63) is 38.3 Å². The summed E-state index contributed by atoms with van der Waals surface area (Å²) in [6.45, 7) is 5.95. The predicted molar refractivity (Wildman–Crippen MR) is 121 cm³/mol. The van der Waals surface area contributed by atoms with Crippen LogP contribution >= 0.6 is 47.4 Å². The first-order valence-corrected chi connectivity index (χ1v) is 9.64. The lowest BCUT2D eigenvalue weighted by molar-refractivity contribution is -0.485. The fraction of sp³-hybridized carbons (Fsp3) is 0.385. The molecule has 156 valence electrons. The monoisotopic (exact) mass is 467 g/mol. The lowest BCUT2D eigenvalue weighted by atomic mass is 10.3. The van der Waals surface area contributed by atoms with Crippen molar-refractivity contribution in [1.82, 2.24) is 37.1 Å². The van der Waals surface area contributed by atoms with E-state index in [1.165, 1.54) is 18.4 Å². The summed E-state index contributed by atoms with van der Waals surface area (Å²) >= 11 is 16.7. The molecule has 1 aromatic heterocycles. The Morgan fingerprint density at radius 3 is 2.54 bits per heavy atom. The second-order valence-electron chi connectivity index (χ2n) is 4.70. The average molecular weight is 468 g/mol. The first-order valence-electron chi connectivity index (χ1n) is 7.63.